The smallest absolute Gasteiger partial charge is 0.146 e. The highest BCUT2D eigenvalue weighted by Crippen LogP contribution is 2.17. The highest BCUT2D eigenvalue weighted by atomic mass is 35.5. The number of ether oxygens (including phenoxy) is 1. The van der Waals surface area contributed by atoms with Crippen molar-refractivity contribution in [2.75, 3.05) is 6.54 Å². The van der Waals surface area contributed by atoms with E-state index in [1.807, 2.05) is 12.1 Å². The lowest BCUT2D eigenvalue weighted by Gasteiger charge is -2.05. The summed E-state index contributed by atoms with van der Waals surface area (Å²) < 4.78 is 11.2. The summed E-state index contributed by atoms with van der Waals surface area (Å²) in [5, 5.41) is 3.89. The molecule has 0 atom stereocenters. The van der Waals surface area contributed by atoms with Gasteiger partial charge in [-0.15, -0.1) is 0 Å². The van der Waals surface area contributed by atoms with E-state index in [0.717, 1.165) is 24.6 Å². The molecule has 2 aromatic heterocycles. The predicted molar refractivity (Wildman–Crippen MR) is 78.8 cm³/mol. The second kappa shape index (κ2) is 7.31. The highest BCUT2D eigenvalue weighted by molar-refractivity contribution is 6.30. The van der Waals surface area contributed by atoms with E-state index in [1.165, 1.54) is 0 Å². The summed E-state index contributed by atoms with van der Waals surface area (Å²) in [6.07, 6.45) is 3.19. The second-order valence-electron chi connectivity index (χ2n) is 5.02. The number of hydrogen-bond donors (Lipinski definition) is 1. The van der Waals surface area contributed by atoms with Crippen molar-refractivity contribution < 1.29 is 9.15 Å². The molecule has 0 saturated carbocycles. The largest absolute Gasteiger partial charge is 0.484 e. The van der Waals surface area contributed by atoms with E-state index in [9.17, 15) is 0 Å². The molecule has 5 heteroatoms. The van der Waals surface area contributed by atoms with Crippen LogP contribution in [0.2, 0.25) is 5.02 Å². The van der Waals surface area contributed by atoms with E-state index in [-0.39, 0.29) is 0 Å². The molecule has 4 nitrogen and oxygen atoms in total. The van der Waals surface area contributed by atoms with Crippen molar-refractivity contribution in [3.05, 3.63) is 47.1 Å². The Balaban J connectivity index is 1.80. The summed E-state index contributed by atoms with van der Waals surface area (Å²) in [5.41, 5.74) is 0. The zero-order valence-electron chi connectivity index (χ0n) is 11.7. The van der Waals surface area contributed by atoms with Crippen LogP contribution in [0.3, 0.4) is 0 Å². The van der Waals surface area contributed by atoms with Crippen LogP contribution in [0.4, 0.5) is 0 Å². The number of rotatable bonds is 7. The Labute approximate surface area is 124 Å². The Morgan fingerprint density at radius 2 is 2.10 bits per heavy atom. The first-order valence-corrected chi connectivity index (χ1v) is 7.03. The number of hydrogen-bond acceptors (Lipinski definition) is 4. The lowest BCUT2D eigenvalue weighted by Crippen LogP contribution is -2.18. The molecule has 0 aliphatic rings. The van der Waals surface area contributed by atoms with Crippen LogP contribution in [0, 0.1) is 5.92 Å². The molecule has 0 fully saturated rings. The SMILES string of the molecule is CC(C)CNCc1ccc(COc2cncc(Cl)c2)o1. The number of pyridine rings is 1. The van der Waals surface area contributed by atoms with Crippen LogP contribution in [0.5, 0.6) is 5.75 Å². The van der Waals surface area contributed by atoms with Crippen molar-refractivity contribution in [3.63, 3.8) is 0 Å². The van der Waals surface area contributed by atoms with Crippen molar-refractivity contribution in [2.24, 2.45) is 5.92 Å². The fraction of sp³-hybridized carbons (Fsp3) is 0.400. The van der Waals surface area contributed by atoms with E-state index >= 15 is 0 Å². The van der Waals surface area contributed by atoms with Gasteiger partial charge in [0.05, 0.1) is 17.8 Å². The van der Waals surface area contributed by atoms with E-state index in [1.54, 1.807) is 18.5 Å². The zero-order chi connectivity index (χ0) is 14.4. The Kier molecular flexibility index (Phi) is 5.44. The van der Waals surface area contributed by atoms with Crippen LogP contribution >= 0.6 is 11.6 Å². The molecular weight excluding hydrogens is 276 g/mol. The van der Waals surface area contributed by atoms with Gasteiger partial charge < -0.3 is 14.5 Å². The van der Waals surface area contributed by atoms with Crippen LogP contribution in [-0.2, 0) is 13.2 Å². The molecular formula is C15H19ClN2O2. The van der Waals surface area contributed by atoms with Gasteiger partial charge in [0.25, 0.3) is 0 Å². The van der Waals surface area contributed by atoms with Crippen LogP contribution in [0.1, 0.15) is 25.4 Å². The molecule has 0 amide bonds. The molecule has 0 bridgehead atoms. The first-order valence-electron chi connectivity index (χ1n) is 6.65. The van der Waals surface area contributed by atoms with Crippen LogP contribution in [0.15, 0.2) is 35.0 Å². The first kappa shape index (κ1) is 14.9. The summed E-state index contributed by atoms with van der Waals surface area (Å²) in [5.74, 6) is 2.95. The number of nitrogens with one attached hydrogen (secondary N) is 1. The van der Waals surface area contributed by atoms with Gasteiger partial charge >= 0.3 is 0 Å². The molecule has 0 aliphatic heterocycles. The molecule has 0 spiro atoms. The van der Waals surface area contributed by atoms with Crippen molar-refractivity contribution in [2.45, 2.75) is 27.0 Å². The Morgan fingerprint density at radius 3 is 2.85 bits per heavy atom. The normalized spacial score (nSPS) is 11.0. The molecule has 20 heavy (non-hydrogen) atoms. The maximum absolute atomic E-state index is 5.84. The standard InChI is InChI=1S/C15H19ClN2O2/c1-11(2)6-17-8-13-3-4-14(20-13)10-19-15-5-12(16)7-18-9-15/h3-5,7,9,11,17H,6,8,10H2,1-2H3. The number of halogens is 1. The summed E-state index contributed by atoms with van der Waals surface area (Å²) in [6.45, 7) is 6.42. The van der Waals surface area contributed by atoms with E-state index in [4.69, 9.17) is 20.8 Å². The van der Waals surface area contributed by atoms with Gasteiger partial charge in [0.15, 0.2) is 0 Å². The van der Waals surface area contributed by atoms with Crippen molar-refractivity contribution in [1.82, 2.24) is 10.3 Å². The Morgan fingerprint density at radius 1 is 1.30 bits per heavy atom. The van der Waals surface area contributed by atoms with Crippen molar-refractivity contribution in [3.8, 4) is 5.75 Å². The number of aromatic nitrogens is 1. The highest BCUT2D eigenvalue weighted by Gasteiger charge is 2.04. The molecule has 2 heterocycles. The van der Waals surface area contributed by atoms with Crippen LogP contribution in [-0.4, -0.2) is 11.5 Å². The van der Waals surface area contributed by atoms with Gasteiger partial charge in [-0.3, -0.25) is 4.98 Å². The molecule has 0 radical (unpaired) electrons. The van der Waals surface area contributed by atoms with Crippen LogP contribution < -0.4 is 10.1 Å². The number of furan rings is 1. The average Bonchev–Trinajstić information content (AvgIpc) is 2.84. The summed E-state index contributed by atoms with van der Waals surface area (Å²) in [4.78, 5) is 3.96. The van der Waals surface area contributed by atoms with Gasteiger partial charge in [0, 0.05) is 12.3 Å². The van der Waals surface area contributed by atoms with Crippen molar-refractivity contribution in [1.29, 1.82) is 0 Å². The topological polar surface area (TPSA) is 47.3 Å². The van der Waals surface area contributed by atoms with Gasteiger partial charge in [-0.25, -0.2) is 0 Å². The quantitative estimate of drug-likeness (QED) is 0.847. The van der Waals surface area contributed by atoms with E-state index < -0.39 is 0 Å². The predicted octanol–water partition coefficient (Wildman–Crippen LogP) is 3.65. The zero-order valence-corrected chi connectivity index (χ0v) is 12.5. The lowest BCUT2D eigenvalue weighted by molar-refractivity contribution is 0.264. The molecule has 0 unspecified atom stereocenters. The third-order valence-corrected chi connectivity index (χ3v) is 2.84. The molecule has 0 aliphatic carbocycles. The first-order chi connectivity index (χ1) is 9.63. The molecule has 1 N–H and O–H groups in total. The molecule has 0 saturated heterocycles. The Bertz CT molecular complexity index is 540. The second-order valence-corrected chi connectivity index (χ2v) is 5.46. The minimum absolute atomic E-state index is 0.367. The average molecular weight is 295 g/mol. The molecule has 0 aromatic carbocycles. The summed E-state index contributed by atoms with van der Waals surface area (Å²) >= 11 is 5.84. The van der Waals surface area contributed by atoms with Crippen molar-refractivity contribution >= 4 is 11.6 Å². The van der Waals surface area contributed by atoms with Crippen LogP contribution in [0.25, 0.3) is 0 Å². The van der Waals surface area contributed by atoms with Gasteiger partial charge in [0.1, 0.15) is 23.9 Å². The Hall–Kier alpha value is -1.52. The lowest BCUT2D eigenvalue weighted by atomic mass is 10.2. The molecule has 2 rings (SSSR count). The van der Waals surface area contributed by atoms with E-state index in [2.05, 4.69) is 24.1 Å². The third kappa shape index (κ3) is 4.87. The minimum Gasteiger partial charge on any atom is -0.484 e. The third-order valence-electron chi connectivity index (χ3n) is 2.63. The van der Waals surface area contributed by atoms with Gasteiger partial charge in [-0.1, -0.05) is 25.4 Å². The maximum atomic E-state index is 5.84. The van der Waals surface area contributed by atoms with Gasteiger partial charge in [-0.05, 0) is 24.6 Å². The molecule has 2 aromatic rings. The maximum Gasteiger partial charge on any atom is 0.146 e. The minimum atomic E-state index is 0.367. The fourth-order valence-corrected chi connectivity index (χ4v) is 1.87. The van der Waals surface area contributed by atoms with Gasteiger partial charge in [-0.2, -0.15) is 0 Å². The fourth-order valence-electron chi connectivity index (χ4n) is 1.70. The molecule has 108 valence electrons. The number of nitrogens with zero attached hydrogens (tertiary/aromatic N) is 1. The van der Waals surface area contributed by atoms with Gasteiger partial charge in [0.2, 0.25) is 0 Å². The summed E-state index contributed by atoms with van der Waals surface area (Å²) in [6, 6.07) is 5.61. The summed E-state index contributed by atoms with van der Waals surface area (Å²) in [7, 11) is 0. The van der Waals surface area contributed by atoms with E-state index in [0.29, 0.717) is 23.3 Å². The monoisotopic (exact) mass is 294 g/mol.